The van der Waals surface area contributed by atoms with Gasteiger partial charge < -0.3 is 10.2 Å². The Morgan fingerprint density at radius 3 is 2.39 bits per heavy atom. The van der Waals surface area contributed by atoms with Crippen molar-refractivity contribution in [2.45, 2.75) is 45.2 Å². The fraction of sp³-hybridized carbons (Fsp3) is 0.833. The maximum absolute atomic E-state index is 12.5. The molecule has 2 amide bonds. The van der Waals surface area contributed by atoms with E-state index in [0.717, 1.165) is 0 Å². The fourth-order valence-corrected chi connectivity index (χ4v) is 3.24. The third kappa shape index (κ3) is 2.91. The van der Waals surface area contributed by atoms with E-state index in [4.69, 9.17) is 0 Å². The summed E-state index contributed by atoms with van der Waals surface area (Å²) in [6, 6.07) is -0.174. The smallest absolute Gasteiger partial charge is 0.249 e. The van der Waals surface area contributed by atoms with Gasteiger partial charge in [0, 0.05) is 28.9 Å². The molecule has 0 saturated carbocycles. The largest absolute Gasteiger partial charge is 0.340 e. The molecule has 0 bridgehead atoms. The number of nitrogens with one attached hydrogen (secondary N) is 1. The maximum Gasteiger partial charge on any atom is 0.249 e. The number of piperazine rings is 1. The van der Waals surface area contributed by atoms with Crippen molar-refractivity contribution in [3.8, 4) is 0 Å². The van der Waals surface area contributed by atoms with Gasteiger partial charge in [-0.3, -0.25) is 13.8 Å². The van der Waals surface area contributed by atoms with E-state index in [0.29, 0.717) is 18.6 Å². The second-order valence-electron chi connectivity index (χ2n) is 4.86. The van der Waals surface area contributed by atoms with Crippen molar-refractivity contribution in [3.05, 3.63) is 0 Å². The molecular weight excluding hydrogens is 252 g/mol. The Hall–Kier alpha value is -0.910. The van der Waals surface area contributed by atoms with Crippen LogP contribution in [0.15, 0.2) is 0 Å². The van der Waals surface area contributed by atoms with Gasteiger partial charge in [-0.2, -0.15) is 0 Å². The van der Waals surface area contributed by atoms with Crippen LogP contribution in [0, 0.1) is 0 Å². The van der Waals surface area contributed by atoms with Crippen LogP contribution < -0.4 is 5.32 Å². The topological polar surface area (TPSA) is 66.5 Å². The monoisotopic (exact) mass is 274 g/mol. The summed E-state index contributed by atoms with van der Waals surface area (Å²) >= 11 is 0. The van der Waals surface area contributed by atoms with Gasteiger partial charge in [-0.1, -0.05) is 13.8 Å². The molecule has 0 spiro atoms. The molecule has 0 radical (unpaired) electrons. The first-order valence-corrected chi connectivity index (χ1v) is 8.01. The summed E-state index contributed by atoms with van der Waals surface area (Å²) in [7, 11) is -0.978. The molecule has 18 heavy (non-hydrogen) atoms. The molecule has 2 atom stereocenters. The average molecular weight is 274 g/mol. The van der Waals surface area contributed by atoms with E-state index < -0.39 is 16.3 Å². The quantitative estimate of drug-likeness (QED) is 0.782. The van der Waals surface area contributed by atoms with Crippen LogP contribution in [0.4, 0.5) is 0 Å². The van der Waals surface area contributed by atoms with Gasteiger partial charge in [-0.05, 0) is 19.8 Å². The maximum atomic E-state index is 12.5. The van der Waals surface area contributed by atoms with E-state index in [1.807, 2.05) is 20.8 Å². The van der Waals surface area contributed by atoms with Crippen LogP contribution in [-0.4, -0.2) is 51.1 Å². The number of carbonyl (C=O) groups is 2. The van der Waals surface area contributed by atoms with E-state index in [1.165, 1.54) is 0 Å². The molecule has 0 aromatic heterocycles. The number of nitrogens with zero attached hydrogens (tertiary/aromatic N) is 1. The summed E-state index contributed by atoms with van der Waals surface area (Å²) < 4.78 is 11.3. The van der Waals surface area contributed by atoms with Gasteiger partial charge in [0.25, 0.3) is 0 Å². The number of rotatable bonds is 5. The second-order valence-corrected chi connectivity index (χ2v) is 6.34. The molecule has 1 aliphatic heterocycles. The molecule has 0 aliphatic carbocycles. The van der Waals surface area contributed by atoms with Crippen molar-refractivity contribution in [1.82, 2.24) is 10.2 Å². The zero-order valence-corrected chi connectivity index (χ0v) is 12.3. The molecule has 104 valence electrons. The van der Waals surface area contributed by atoms with Gasteiger partial charge in [0.15, 0.2) is 0 Å². The number of hydrogen-bond donors (Lipinski definition) is 1. The van der Waals surface area contributed by atoms with Crippen LogP contribution in [0.2, 0.25) is 0 Å². The first-order valence-electron chi connectivity index (χ1n) is 6.28. The highest BCUT2D eigenvalue weighted by molar-refractivity contribution is 7.84. The van der Waals surface area contributed by atoms with Crippen molar-refractivity contribution in [1.29, 1.82) is 0 Å². The van der Waals surface area contributed by atoms with E-state index >= 15 is 0 Å². The highest BCUT2D eigenvalue weighted by Crippen LogP contribution is 2.23. The van der Waals surface area contributed by atoms with Crippen LogP contribution >= 0.6 is 0 Å². The Bertz CT molecular complexity index is 366. The number of hydrogen-bond acceptors (Lipinski definition) is 3. The van der Waals surface area contributed by atoms with Crippen molar-refractivity contribution < 1.29 is 13.8 Å². The fourth-order valence-electron chi connectivity index (χ4n) is 2.38. The zero-order chi connectivity index (χ0) is 13.9. The summed E-state index contributed by atoms with van der Waals surface area (Å²) in [5.41, 5.74) is -0.779. The van der Waals surface area contributed by atoms with Crippen molar-refractivity contribution in [2.24, 2.45) is 0 Å². The Kier molecular flexibility index (Phi) is 4.90. The molecule has 5 nitrogen and oxygen atoms in total. The summed E-state index contributed by atoms with van der Waals surface area (Å²) in [4.78, 5) is 25.8. The first kappa shape index (κ1) is 15.1. The molecule has 1 N–H and O–H groups in total. The predicted molar refractivity (Wildman–Crippen MR) is 71.6 cm³/mol. The van der Waals surface area contributed by atoms with E-state index in [1.54, 1.807) is 11.2 Å². The van der Waals surface area contributed by atoms with E-state index in [-0.39, 0.29) is 24.4 Å². The molecule has 1 aliphatic rings. The van der Waals surface area contributed by atoms with Gasteiger partial charge in [0.1, 0.15) is 5.54 Å². The van der Waals surface area contributed by atoms with Gasteiger partial charge in [-0.25, -0.2) is 0 Å². The van der Waals surface area contributed by atoms with Gasteiger partial charge in [0.2, 0.25) is 11.8 Å². The average Bonchev–Trinajstić information content (AvgIpc) is 2.30. The molecule has 0 aromatic rings. The zero-order valence-electron chi connectivity index (χ0n) is 11.5. The van der Waals surface area contributed by atoms with Crippen LogP contribution in [0.25, 0.3) is 0 Å². The molecular formula is C12H22N2O3S. The standard InChI is InChI=1S/C12H22N2O3S/c1-5-12(6-2)11(16)14(7-10(15)13-12)9(3)8-18(4)17/h9H,5-8H2,1-4H3,(H,13,15). The normalized spacial score (nSPS) is 22.6. The third-order valence-corrected chi connectivity index (χ3v) is 4.53. The lowest BCUT2D eigenvalue weighted by molar-refractivity contribution is -0.152. The Morgan fingerprint density at radius 2 is 1.94 bits per heavy atom. The molecule has 1 fully saturated rings. The third-order valence-electron chi connectivity index (χ3n) is 3.58. The molecule has 1 saturated heterocycles. The lowest BCUT2D eigenvalue weighted by Gasteiger charge is -2.43. The summed E-state index contributed by atoms with van der Waals surface area (Å²) in [5, 5.41) is 2.81. The molecule has 0 aromatic carbocycles. The Balaban J connectivity index is 2.95. The van der Waals surface area contributed by atoms with E-state index in [9.17, 15) is 13.8 Å². The Labute approximate surface area is 111 Å². The number of amides is 2. The van der Waals surface area contributed by atoms with Gasteiger partial charge in [-0.15, -0.1) is 0 Å². The van der Waals surface area contributed by atoms with Gasteiger partial charge in [0.05, 0.1) is 6.54 Å². The summed E-state index contributed by atoms with van der Waals surface area (Å²) in [5.74, 6) is 0.222. The summed E-state index contributed by atoms with van der Waals surface area (Å²) in [6.45, 7) is 5.70. The highest BCUT2D eigenvalue weighted by Gasteiger charge is 2.45. The first-order chi connectivity index (χ1) is 8.36. The molecule has 2 unspecified atom stereocenters. The second kappa shape index (κ2) is 5.82. The SMILES string of the molecule is CCC1(CC)NC(=O)CN(C(C)CS(C)=O)C1=O. The summed E-state index contributed by atoms with van der Waals surface area (Å²) in [6.07, 6.45) is 2.76. The minimum atomic E-state index is -0.978. The van der Waals surface area contributed by atoms with Crippen LogP contribution in [-0.2, 0) is 20.4 Å². The van der Waals surface area contributed by atoms with E-state index in [2.05, 4.69) is 5.32 Å². The van der Waals surface area contributed by atoms with Crippen LogP contribution in [0.1, 0.15) is 33.6 Å². The highest BCUT2D eigenvalue weighted by atomic mass is 32.2. The van der Waals surface area contributed by atoms with Crippen molar-refractivity contribution in [3.63, 3.8) is 0 Å². The van der Waals surface area contributed by atoms with Crippen molar-refractivity contribution >= 4 is 22.6 Å². The van der Waals surface area contributed by atoms with Crippen LogP contribution in [0.3, 0.4) is 0 Å². The lowest BCUT2D eigenvalue weighted by atomic mass is 9.88. The Morgan fingerprint density at radius 1 is 1.39 bits per heavy atom. The molecule has 6 heteroatoms. The molecule has 1 heterocycles. The van der Waals surface area contributed by atoms with Crippen molar-refractivity contribution in [2.75, 3.05) is 18.6 Å². The number of carbonyl (C=O) groups excluding carboxylic acids is 2. The lowest BCUT2D eigenvalue weighted by Crippen LogP contribution is -2.68. The minimum absolute atomic E-state index is 0.0509. The van der Waals surface area contributed by atoms with Gasteiger partial charge >= 0.3 is 0 Å². The van der Waals surface area contributed by atoms with Crippen LogP contribution in [0.5, 0.6) is 0 Å². The molecule has 1 rings (SSSR count). The minimum Gasteiger partial charge on any atom is -0.340 e. The predicted octanol–water partition coefficient (Wildman–Crippen LogP) is 0.271.